The average Bonchev–Trinajstić information content (AvgIpc) is 3.70. The summed E-state index contributed by atoms with van der Waals surface area (Å²) in [6, 6.07) is 10.8. The zero-order chi connectivity index (χ0) is 26.5. The fraction of sp³-hybridized carbons (Fsp3) is 0.370. The van der Waals surface area contributed by atoms with E-state index in [1.54, 1.807) is 41.1 Å². The van der Waals surface area contributed by atoms with Crippen LogP contribution in [0.25, 0.3) is 22.4 Å². The molecule has 2 aliphatic rings. The number of hydrogen-bond donors (Lipinski definition) is 0. The number of rotatable bonds is 5. The molecule has 5 aromatic rings. The quantitative estimate of drug-likeness (QED) is 0.326. The molecule has 2 fully saturated rings. The molecule has 0 N–H and O–H groups in total. The van der Waals surface area contributed by atoms with Crippen molar-refractivity contribution in [2.45, 2.75) is 44.1 Å². The van der Waals surface area contributed by atoms with Crippen LogP contribution < -0.4 is 10.5 Å². The van der Waals surface area contributed by atoms with Gasteiger partial charge in [-0.25, -0.2) is 19.5 Å². The number of anilines is 1. The summed E-state index contributed by atoms with van der Waals surface area (Å²) in [4.78, 5) is 30.0. The summed E-state index contributed by atoms with van der Waals surface area (Å²) in [7, 11) is 1.70. The number of methoxy groups -OCH3 is 1. The molecule has 0 saturated carbocycles. The lowest BCUT2D eigenvalue weighted by Gasteiger charge is -2.27. The van der Waals surface area contributed by atoms with Crippen LogP contribution in [0.1, 0.15) is 43.8 Å². The van der Waals surface area contributed by atoms with Crippen LogP contribution in [-0.4, -0.2) is 60.1 Å². The summed E-state index contributed by atoms with van der Waals surface area (Å²) in [6.45, 7) is 1.27. The topological polar surface area (TPSA) is 105 Å². The third kappa shape index (κ3) is 4.00. The van der Waals surface area contributed by atoms with Gasteiger partial charge in [0.25, 0.3) is 5.56 Å². The second kappa shape index (κ2) is 9.74. The van der Waals surface area contributed by atoms with Crippen molar-refractivity contribution >= 4 is 34.1 Å². The van der Waals surface area contributed by atoms with Crippen LogP contribution in [0.5, 0.6) is 0 Å². The van der Waals surface area contributed by atoms with Crippen molar-refractivity contribution < 1.29 is 9.47 Å². The van der Waals surface area contributed by atoms with Crippen LogP contribution in [0.4, 0.5) is 5.82 Å². The highest BCUT2D eigenvalue weighted by molar-refractivity contribution is 6.33. The van der Waals surface area contributed by atoms with Crippen LogP contribution in [0.3, 0.4) is 0 Å². The van der Waals surface area contributed by atoms with E-state index in [1.807, 2.05) is 34.9 Å². The van der Waals surface area contributed by atoms with E-state index in [0.717, 1.165) is 25.9 Å². The van der Waals surface area contributed by atoms with Gasteiger partial charge in [-0.15, -0.1) is 0 Å². The molecule has 0 bridgehead atoms. The van der Waals surface area contributed by atoms with Crippen molar-refractivity contribution in [2.24, 2.45) is 0 Å². The van der Waals surface area contributed by atoms with E-state index in [9.17, 15) is 4.79 Å². The standard InChI is InChI=1S/C27H27ClN8O3/c1-38-18-13-20(24-32-35-11-10-19(28)23(35)27(37)36(24)17-7-3-2-4-8-17)33(14-18)25-22-26(30-15-29-25)34(16-31-22)21-9-5-6-12-39-21/h2-4,7-8,10-11,15-16,18,20-21H,5-6,9,12-14H2,1H3/t18-,20+,21?/m1/s1. The molecule has 3 atom stereocenters. The summed E-state index contributed by atoms with van der Waals surface area (Å²) < 4.78 is 17.0. The predicted octanol–water partition coefficient (Wildman–Crippen LogP) is 3.94. The molecule has 6 heterocycles. The largest absolute Gasteiger partial charge is 0.380 e. The Bertz CT molecular complexity index is 1710. The summed E-state index contributed by atoms with van der Waals surface area (Å²) in [6.07, 6.45) is 8.52. The number of hydrogen-bond acceptors (Lipinski definition) is 8. The van der Waals surface area contributed by atoms with Crippen LogP contribution in [0.2, 0.25) is 5.02 Å². The maximum Gasteiger partial charge on any atom is 0.284 e. The molecule has 4 aromatic heterocycles. The Labute approximate surface area is 228 Å². The molecule has 1 aromatic carbocycles. The monoisotopic (exact) mass is 546 g/mol. The highest BCUT2D eigenvalue weighted by Gasteiger charge is 2.39. The van der Waals surface area contributed by atoms with E-state index in [2.05, 4.69) is 14.9 Å². The predicted molar refractivity (Wildman–Crippen MR) is 145 cm³/mol. The van der Waals surface area contributed by atoms with Gasteiger partial charge in [0.15, 0.2) is 22.8 Å². The number of benzene rings is 1. The molecule has 0 amide bonds. The van der Waals surface area contributed by atoms with Crippen molar-refractivity contribution in [3.8, 4) is 5.69 Å². The molecule has 0 aliphatic carbocycles. The Kier molecular flexibility index (Phi) is 6.06. The van der Waals surface area contributed by atoms with E-state index < -0.39 is 0 Å². The highest BCUT2D eigenvalue weighted by atomic mass is 35.5. The number of imidazole rings is 1. The number of para-hydroxylation sites is 1. The van der Waals surface area contributed by atoms with E-state index in [-0.39, 0.29) is 23.9 Å². The van der Waals surface area contributed by atoms with Gasteiger partial charge in [0.1, 0.15) is 18.1 Å². The first-order valence-electron chi connectivity index (χ1n) is 13.1. The second-order valence-electron chi connectivity index (χ2n) is 9.90. The van der Waals surface area contributed by atoms with Gasteiger partial charge in [-0.3, -0.25) is 13.9 Å². The van der Waals surface area contributed by atoms with Gasteiger partial charge in [0, 0.05) is 32.9 Å². The minimum atomic E-state index is -0.331. The Morgan fingerprint density at radius 1 is 1.10 bits per heavy atom. The SMILES string of the molecule is CO[C@@H]1C[C@@H](c2nn3ccc(Cl)c3c(=O)n2-c2ccccc2)N(c2ncnc3c2ncn3C2CCCCO2)C1. The fourth-order valence-corrected chi connectivity index (χ4v) is 5.96. The van der Waals surface area contributed by atoms with E-state index in [0.29, 0.717) is 52.0 Å². The zero-order valence-electron chi connectivity index (χ0n) is 21.4. The summed E-state index contributed by atoms with van der Waals surface area (Å²) in [5.41, 5.74) is 2.18. The van der Waals surface area contributed by atoms with Crippen LogP contribution >= 0.6 is 11.6 Å². The van der Waals surface area contributed by atoms with Crippen LogP contribution in [0.15, 0.2) is 60.0 Å². The molecular formula is C27H27ClN8O3. The molecule has 2 aliphatic heterocycles. The van der Waals surface area contributed by atoms with Crippen molar-refractivity contribution in [2.75, 3.05) is 25.2 Å². The second-order valence-corrected chi connectivity index (χ2v) is 10.3. The van der Waals surface area contributed by atoms with Crippen LogP contribution in [-0.2, 0) is 9.47 Å². The molecule has 0 radical (unpaired) electrons. The highest BCUT2D eigenvalue weighted by Crippen LogP contribution is 2.39. The smallest absolute Gasteiger partial charge is 0.284 e. The first-order chi connectivity index (χ1) is 19.1. The number of fused-ring (bicyclic) bond motifs is 2. The van der Waals surface area contributed by atoms with E-state index >= 15 is 0 Å². The van der Waals surface area contributed by atoms with Gasteiger partial charge in [-0.05, 0) is 37.5 Å². The molecule has 7 rings (SSSR count). The van der Waals surface area contributed by atoms with Gasteiger partial charge < -0.3 is 14.4 Å². The van der Waals surface area contributed by atoms with Gasteiger partial charge in [-0.2, -0.15) is 5.10 Å². The third-order valence-corrected chi connectivity index (χ3v) is 7.95. The lowest BCUT2D eigenvalue weighted by atomic mass is 10.1. The maximum absolute atomic E-state index is 13.9. The van der Waals surface area contributed by atoms with Crippen molar-refractivity contribution in [1.82, 2.24) is 33.7 Å². The normalized spacial score (nSPS) is 21.8. The first-order valence-corrected chi connectivity index (χ1v) is 13.5. The Morgan fingerprint density at radius 3 is 2.77 bits per heavy atom. The molecule has 2 saturated heterocycles. The van der Waals surface area contributed by atoms with Gasteiger partial charge in [0.2, 0.25) is 0 Å². The number of halogens is 1. The fourth-order valence-electron chi connectivity index (χ4n) is 5.74. The Morgan fingerprint density at radius 2 is 1.97 bits per heavy atom. The molecule has 11 nitrogen and oxygen atoms in total. The number of aromatic nitrogens is 7. The van der Waals surface area contributed by atoms with Crippen LogP contribution in [0, 0.1) is 0 Å². The lowest BCUT2D eigenvalue weighted by Crippen LogP contribution is -2.33. The van der Waals surface area contributed by atoms with Gasteiger partial charge in [-0.1, -0.05) is 29.8 Å². The van der Waals surface area contributed by atoms with E-state index in [1.165, 1.54) is 0 Å². The molecular weight excluding hydrogens is 520 g/mol. The summed E-state index contributed by atoms with van der Waals surface area (Å²) >= 11 is 6.41. The molecule has 200 valence electrons. The Hall–Kier alpha value is -3.80. The first kappa shape index (κ1) is 24.3. The number of ether oxygens (including phenoxy) is 2. The van der Waals surface area contributed by atoms with Crippen molar-refractivity contribution in [3.05, 3.63) is 76.5 Å². The molecule has 12 heteroatoms. The zero-order valence-corrected chi connectivity index (χ0v) is 22.1. The maximum atomic E-state index is 13.9. The minimum Gasteiger partial charge on any atom is -0.380 e. The van der Waals surface area contributed by atoms with E-state index in [4.69, 9.17) is 31.2 Å². The third-order valence-electron chi connectivity index (χ3n) is 7.65. The summed E-state index contributed by atoms with van der Waals surface area (Å²) in [5.74, 6) is 1.23. The molecule has 1 unspecified atom stereocenters. The van der Waals surface area contributed by atoms with Crippen molar-refractivity contribution in [1.29, 1.82) is 0 Å². The number of nitrogens with zero attached hydrogens (tertiary/aromatic N) is 8. The molecule has 0 spiro atoms. The molecule has 39 heavy (non-hydrogen) atoms. The lowest BCUT2D eigenvalue weighted by molar-refractivity contribution is -0.0298. The van der Waals surface area contributed by atoms with Gasteiger partial charge >= 0.3 is 0 Å². The minimum absolute atomic E-state index is 0.0987. The van der Waals surface area contributed by atoms with Gasteiger partial charge in [0.05, 0.1) is 29.2 Å². The average molecular weight is 547 g/mol. The Balaban J connectivity index is 1.40. The summed E-state index contributed by atoms with van der Waals surface area (Å²) in [5, 5.41) is 5.28. The van der Waals surface area contributed by atoms with Crippen molar-refractivity contribution in [3.63, 3.8) is 0 Å².